The molecule has 0 amide bonds. The van der Waals surface area contributed by atoms with Gasteiger partial charge in [0.1, 0.15) is 0 Å². The van der Waals surface area contributed by atoms with Crippen LogP contribution in [0.2, 0.25) is 0 Å². The number of thiophene rings is 1. The predicted molar refractivity (Wildman–Crippen MR) is 108 cm³/mol. The topological polar surface area (TPSA) is 54.2 Å². The monoisotopic (exact) mass is 367 g/mol. The van der Waals surface area contributed by atoms with Gasteiger partial charge in [-0.25, -0.2) is 9.98 Å². The smallest absolute Gasteiger partial charge is 0.191 e. The molecule has 2 heterocycles. The third kappa shape index (κ3) is 5.20. The summed E-state index contributed by atoms with van der Waals surface area (Å²) in [5, 5.41) is 8.87. The number of nitrogens with zero attached hydrogens (tertiary/aromatic N) is 3. The number of guanidine groups is 1. The van der Waals surface area contributed by atoms with E-state index in [4.69, 9.17) is 4.99 Å². The fraction of sp³-hybridized carbons (Fsp3) is 0.300. The summed E-state index contributed by atoms with van der Waals surface area (Å²) in [6.07, 6.45) is 5.62. The highest BCUT2D eigenvalue weighted by Gasteiger charge is 2.03. The summed E-state index contributed by atoms with van der Waals surface area (Å²) in [5.74, 6) is 0.848. The van der Waals surface area contributed by atoms with Crippen LogP contribution in [0.1, 0.15) is 28.5 Å². The van der Waals surface area contributed by atoms with E-state index in [1.807, 2.05) is 12.5 Å². The van der Waals surface area contributed by atoms with Crippen LogP contribution in [-0.4, -0.2) is 22.1 Å². The molecule has 3 aromatic rings. The van der Waals surface area contributed by atoms with Crippen LogP contribution in [0.15, 0.2) is 59.4 Å². The fourth-order valence-corrected chi connectivity index (χ4v) is 3.52. The highest BCUT2D eigenvalue weighted by atomic mass is 32.1. The van der Waals surface area contributed by atoms with E-state index in [9.17, 15) is 0 Å². The van der Waals surface area contributed by atoms with Gasteiger partial charge in [-0.1, -0.05) is 24.3 Å². The maximum absolute atomic E-state index is 4.73. The molecule has 2 aromatic heterocycles. The Morgan fingerprint density at radius 3 is 2.85 bits per heavy atom. The van der Waals surface area contributed by atoms with Crippen molar-refractivity contribution < 1.29 is 0 Å². The Bertz CT molecular complexity index is 836. The van der Waals surface area contributed by atoms with Gasteiger partial charge in [0.05, 0.1) is 19.4 Å². The van der Waals surface area contributed by atoms with Gasteiger partial charge >= 0.3 is 0 Å². The summed E-state index contributed by atoms with van der Waals surface area (Å²) in [6, 6.07) is 10.7. The van der Waals surface area contributed by atoms with Gasteiger partial charge in [0.25, 0.3) is 0 Å². The number of aliphatic imine (C=N–C) groups is 1. The van der Waals surface area contributed by atoms with Crippen LogP contribution in [0.3, 0.4) is 0 Å². The van der Waals surface area contributed by atoms with Crippen molar-refractivity contribution in [3.05, 3.63) is 76.0 Å². The van der Waals surface area contributed by atoms with Gasteiger partial charge in [-0.3, -0.25) is 0 Å². The highest BCUT2D eigenvalue weighted by molar-refractivity contribution is 7.10. The molecule has 1 aromatic carbocycles. The zero-order valence-electron chi connectivity index (χ0n) is 15.3. The minimum Gasteiger partial charge on any atom is -0.357 e. The number of aryl methyl sites for hydroxylation is 1. The molecule has 0 saturated carbocycles. The summed E-state index contributed by atoms with van der Waals surface area (Å²) in [6.45, 7) is 7.35. The zero-order chi connectivity index (χ0) is 18.2. The van der Waals surface area contributed by atoms with Crippen LogP contribution >= 0.6 is 11.3 Å². The van der Waals surface area contributed by atoms with Gasteiger partial charge in [-0.2, -0.15) is 0 Å². The van der Waals surface area contributed by atoms with Crippen molar-refractivity contribution in [1.82, 2.24) is 20.2 Å². The second kappa shape index (κ2) is 9.20. The first kappa shape index (κ1) is 18.2. The standard InChI is InChI=1S/C20H25N5S/c1-3-22-20(24-13-19-16(2)7-10-26-19)23-12-17-5-4-6-18(11-17)14-25-9-8-21-15-25/h4-11,15H,3,12-14H2,1-2H3,(H2,22,23,24). The van der Waals surface area contributed by atoms with E-state index >= 15 is 0 Å². The lowest BCUT2D eigenvalue weighted by atomic mass is 10.1. The van der Waals surface area contributed by atoms with Gasteiger partial charge in [-0.05, 0) is 42.0 Å². The minimum absolute atomic E-state index is 0.649. The maximum Gasteiger partial charge on any atom is 0.191 e. The maximum atomic E-state index is 4.73. The summed E-state index contributed by atoms with van der Waals surface area (Å²) >= 11 is 1.77. The molecule has 0 fully saturated rings. The third-order valence-corrected chi connectivity index (χ3v) is 5.09. The molecule has 136 valence electrons. The van der Waals surface area contributed by atoms with Crippen LogP contribution < -0.4 is 10.6 Å². The van der Waals surface area contributed by atoms with E-state index in [0.717, 1.165) is 25.6 Å². The molecule has 3 rings (SSSR count). The Kier molecular flexibility index (Phi) is 6.44. The van der Waals surface area contributed by atoms with Crippen LogP contribution in [0.25, 0.3) is 0 Å². The highest BCUT2D eigenvalue weighted by Crippen LogP contribution is 2.14. The largest absolute Gasteiger partial charge is 0.357 e. The molecule has 0 unspecified atom stereocenters. The van der Waals surface area contributed by atoms with E-state index in [1.165, 1.54) is 21.6 Å². The van der Waals surface area contributed by atoms with Gasteiger partial charge in [-0.15, -0.1) is 11.3 Å². The van der Waals surface area contributed by atoms with Crippen molar-refractivity contribution in [2.45, 2.75) is 33.5 Å². The van der Waals surface area contributed by atoms with Gasteiger partial charge < -0.3 is 15.2 Å². The third-order valence-electron chi connectivity index (χ3n) is 4.06. The quantitative estimate of drug-likeness (QED) is 0.496. The molecule has 26 heavy (non-hydrogen) atoms. The van der Waals surface area contributed by atoms with Crippen molar-refractivity contribution in [2.75, 3.05) is 6.54 Å². The fourth-order valence-electron chi connectivity index (χ4n) is 2.68. The Hall–Kier alpha value is -2.60. The molecule has 5 nitrogen and oxygen atoms in total. The lowest BCUT2D eigenvalue weighted by molar-refractivity contribution is 0.794. The number of hydrogen-bond acceptors (Lipinski definition) is 3. The molecule has 0 radical (unpaired) electrons. The Morgan fingerprint density at radius 1 is 1.23 bits per heavy atom. The molecule has 0 aliphatic carbocycles. The first-order valence-corrected chi connectivity index (χ1v) is 9.71. The minimum atomic E-state index is 0.649. The Labute approximate surface area is 158 Å². The zero-order valence-corrected chi connectivity index (χ0v) is 16.1. The first-order valence-electron chi connectivity index (χ1n) is 8.83. The summed E-state index contributed by atoms with van der Waals surface area (Å²) in [5.41, 5.74) is 3.78. The van der Waals surface area contributed by atoms with Gasteiger partial charge in [0.2, 0.25) is 0 Å². The van der Waals surface area contributed by atoms with Gasteiger partial charge in [0, 0.05) is 30.4 Å². The Balaban J connectivity index is 1.62. The summed E-state index contributed by atoms with van der Waals surface area (Å²) in [7, 11) is 0. The number of nitrogens with one attached hydrogen (secondary N) is 2. The summed E-state index contributed by atoms with van der Waals surface area (Å²) in [4.78, 5) is 10.2. The van der Waals surface area contributed by atoms with E-state index in [2.05, 4.69) is 69.7 Å². The predicted octanol–water partition coefficient (Wildman–Crippen LogP) is 3.56. The van der Waals surface area contributed by atoms with Crippen molar-refractivity contribution in [1.29, 1.82) is 0 Å². The molecule has 0 saturated heterocycles. The van der Waals surface area contributed by atoms with Crippen molar-refractivity contribution in [2.24, 2.45) is 4.99 Å². The molecule has 0 aliphatic rings. The number of imidazole rings is 1. The first-order chi connectivity index (χ1) is 12.7. The van der Waals surface area contributed by atoms with E-state index in [1.54, 1.807) is 17.5 Å². The van der Waals surface area contributed by atoms with Crippen LogP contribution in [0.5, 0.6) is 0 Å². The van der Waals surface area contributed by atoms with Crippen LogP contribution in [0.4, 0.5) is 0 Å². The molecular formula is C20H25N5S. The molecule has 0 spiro atoms. The lowest BCUT2D eigenvalue weighted by Gasteiger charge is -2.11. The van der Waals surface area contributed by atoms with Crippen molar-refractivity contribution in [3.63, 3.8) is 0 Å². The van der Waals surface area contributed by atoms with Crippen molar-refractivity contribution >= 4 is 17.3 Å². The van der Waals surface area contributed by atoms with E-state index in [0.29, 0.717) is 6.54 Å². The van der Waals surface area contributed by atoms with E-state index in [-0.39, 0.29) is 0 Å². The van der Waals surface area contributed by atoms with Crippen LogP contribution in [-0.2, 0) is 19.6 Å². The number of rotatable bonds is 7. The SMILES string of the molecule is CCNC(=NCc1cccc(Cn2ccnc2)c1)NCc1sccc1C. The second-order valence-electron chi connectivity index (χ2n) is 6.13. The lowest BCUT2D eigenvalue weighted by Crippen LogP contribution is -2.36. The average Bonchev–Trinajstić information content (AvgIpc) is 3.29. The molecule has 0 aliphatic heterocycles. The number of aromatic nitrogens is 2. The summed E-state index contributed by atoms with van der Waals surface area (Å²) < 4.78 is 2.07. The Morgan fingerprint density at radius 2 is 2.12 bits per heavy atom. The normalized spacial score (nSPS) is 11.5. The number of hydrogen-bond donors (Lipinski definition) is 2. The van der Waals surface area contributed by atoms with E-state index < -0.39 is 0 Å². The molecule has 0 atom stereocenters. The number of benzene rings is 1. The molecule has 0 bridgehead atoms. The van der Waals surface area contributed by atoms with Crippen LogP contribution in [0, 0.1) is 6.92 Å². The second-order valence-corrected chi connectivity index (χ2v) is 7.13. The molecule has 2 N–H and O–H groups in total. The average molecular weight is 368 g/mol. The molecule has 6 heteroatoms. The van der Waals surface area contributed by atoms with Gasteiger partial charge in [0.15, 0.2) is 5.96 Å². The molecular weight excluding hydrogens is 342 g/mol. The van der Waals surface area contributed by atoms with Crippen molar-refractivity contribution in [3.8, 4) is 0 Å².